The lowest BCUT2D eigenvalue weighted by atomic mass is 10.0. The van der Waals surface area contributed by atoms with Crippen LogP contribution in [0, 0.1) is 17.2 Å². The molecule has 0 N–H and O–H groups in total. The molecule has 1 aromatic rings. The van der Waals surface area contributed by atoms with Crippen molar-refractivity contribution >= 4 is 12.2 Å². The Labute approximate surface area is 137 Å². The summed E-state index contributed by atoms with van der Waals surface area (Å²) in [6.45, 7) is 4.93. The summed E-state index contributed by atoms with van der Waals surface area (Å²) in [6.07, 6.45) is 3.35. The number of esters is 1. The van der Waals surface area contributed by atoms with Crippen LogP contribution in [0.1, 0.15) is 25.3 Å². The van der Waals surface area contributed by atoms with Gasteiger partial charge >= 0.3 is 5.97 Å². The predicted molar refractivity (Wildman–Crippen MR) is 89.0 cm³/mol. The van der Waals surface area contributed by atoms with E-state index in [-0.39, 0.29) is 12.6 Å². The molecule has 5 nitrogen and oxygen atoms in total. The van der Waals surface area contributed by atoms with Gasteiger partial charge in [0.15, 0.2) is 5.92 Å². The highest BCUT2D eigenvalue weighted by atomic mass is 16.5. The normalized spacial score (nSPS) is 17.7. The zero-order valence-corrected chi connectivity index (χ0v) is 13.5. The molecule has 1 saturated heterocycles. The Balaban J connectivity index is 1.79. The zero-order chi connectivity index (χ0) is 16.5. The Kier molecular flexibility index (Phi) is 6.76. The molecule has 0 amide bonds. The number of hydrogen-bond donors (Lipinski definition) is 0. The van der Waals surface area contributed by atoms with Gasteiger partial charge in [-0.1, -0.05) is 30.3 Å². The highest BCUT2D eigenvalue weighted by molar-refractivity contribution is 5.92. The molecule has 0 bridgehead atoms. The van der Waals surface area contributed by atoms with Gasteiger partial charge in [-0.25, -0.2) is 0 Å². The fourth-order valence-corrected chi connectivity index (χ4v) is 2.65. The molecular formula is C18H23N3O2. The number of carbonyl (C=O) groups excluding carboxylic acids is 1. The maximum atomic E-state index is 11.6. The van der Waals surface area contributed by atoms with Crippen LogP contribution in [-0.4, -0.2) is 42.8 Å². The van der Waals surface area contributed by atoms with Gasteiger partial charge in [-0.3, -0.25) is 14.7 Å². The molecule has 0 aliphatic carbocycles. The summed E-state index contributed by atoms with van der Waals surface area (Å²) in [5.41, 5.74) is 1.32. The lowest BCUT2D eigenvalue weighted by Crippen LogP contribution is -2.35. The lowest BCUT2D eigenvalue weighted by molar-refractivity contribution is -0.143. The zero-order valence-electron chi connectivity index (χ0n) is 13.5. The minimum absolute atomic E-state index is 0.187. The van der Waals surface area contributed by atoms with Crippen molar-refractivity contribution in [1.29, 1.82) is 5.26 Å². The molecule has 122 valence electrons. The number of carbonyl (C=O) groups is 1. The van der Waals surface area contributed by atoms with Crippen LogP contribution in [0.5, 0.6) is 0 Å². The molecule has 0 radical (unpaired) electrons. The number of benzene rings is 1. The van der Waals surface area contributed by atoms with E-state index < -0.39 is 11.9 Å². The second kappa shape index (κ2) is 9.06. The van der Waals surface area contributed by atoms with Crippen LogP contribution in [0.25, 0.3) is 0 Å². The van der Waals surface area contributed by atoms with Gasteiger partial charge in [-0.15, -0.1) is 0 Å². The summed E-state index contributed by atoms with van der Waals surface area (Å²) in [5, 5.41) is 9.01. The molecule has 1 fully saturated rings. The van der Waals surface area contributed by atoms with E-state index >= 15 is 0 Å². The average Bonchev–Trinajstić information content (AvgIpc) is 2.58. The third kappa shape index (κ3) is 5.50. The predicted octanol–water partition coefficient (Wildman–Crippen LogP) is 2.42. The highest BCUT2D eigenvalue weighted by Crippen LogP contribution is 2.16. The second-order valence-electron chi connectivity index (χ2n) is 5.65. The van der Waals surface area contributed by atoms with Gasteiger partial charge in [-0.05, 0) is 25.3 Å². The van der Waals surface area contributed by atoms with Crippen LogP contribution in [0.2, 0.25) is 0 Å². The molecule has 0 spiro atoms. The standard InChI is InChI=1S/C18H23N3O2/c1-2-23-18(22)16(12-19)13-20-17-8-10-21(11-9-17)14-15-6-4-3-5-7-15/h3-7,13,16-17H,2,8-11,14H2,1H3/t16-/m0/s1. The van der Waals surface area contributed by atoms with E-state index in [1.807, 2.05) is 12.1 Å². The molecule has 0 saturated carbocycles. The number of nitrogens with zero attached hydrogens (tertiary/aromatic N) is 3. The first kappa shape index (κ1) is 17.2. The van der Waals surface area contributed by atoms with Crippen molar-refractivity contribution in [2.75, 3.05) is 19.7 Å². The molecule has 1 aromatic carbocycles. The van der Waals surface area contributed by atoms with Gasteiger partial charge in [0.25, 0.3) is 0 Å². The molecule has 2 rings (SSSR count). The topological polar surface area (TPSA) is 65.7 Å². The minimum atomic E-state index is -0.891. The average molecular weight is 313 g/mol. The number of aliphatic imine (C=N–C) groups is 1. The second-order valence-corrected chi connectivity index (χ2v) is 5.65. The van der Waals surface area contributed by atoms with Crippen LogP contribution >= 0.6 is 0 Å². The van der Waals surface area contributed by atoms with Gasteiger partial charge in [0.1, 0.15) is 0 Å². The first-order chi connectivity index (χ1) is 11.2. The largest absolute Gasteiger partial charge is 0.465 e. The number of likely N-dealkylation sites (tertiary alicyclic amines) is 1. The van der Waals surface area contributed by atoms with E-state index in [1.165, 1.54) is 11.8 Å². The van der Waals surface area contributed by atoms with Crippen LogP contribution in [-0.2, 0) is 16.1 Å². The molecule has 1 aliphatic rings. The van der Waals surface area contributed by atoms with Gasteiger partial charge in [0.05, 0.1) is 18.7 Å². The van der Waals surface area contributed by atoms with E-state index in [0.29, 0.717) is 0 Å². The molecule has 1 atom stereocenters. The summed E-state index contributed by atoms with van der Waals surface area (Å²) in [6, 6.07) is 12.5. The fraction of sp³-hybridized carbons (Fsp3) is 0.500. The quantitative estimate of drug-likeness (QED) is 0.597. The van der Waals surface area contributed by atoms with Crippen LogP contribution in [0.4, 0.5) is 0 Å². The first-order valence-electron chi connectivity index (χ1n) is 8.08. The van der Waals surface area contributed by atoms with E-state index in [1.54, 1.807) is 6.92 Å². The molecule has 1 heterocycles. The van der Waals surface area contributed by atoms with Crippen molar-refractivity contribution in [1.82, 2.24) is 4.90 Å². The van der Waals surface area contributed by atoms with Gasteiger partial charge in [0, 0.05) is 25.8 Å². The Hall–Kier alpha value is -2.19. The Morgan fingerprint density at radius 1 is 1.43 bits per heavy atom. The molecule has 1 aliphatic heterocycles. The van der Waals surface area contributed by atoms with E-state index in [9.17, 15) is 4.79 Å². The Bertz CT molecular complexity index is 557. The summed E-state index contributed by atoms with van der Waals surface area (Å²) in [4.78, 5) is 18.4. The molecule has 0 aromatic heterocycles. The third-order valence-electron chi connectivity index (χ3n) is 3.93. The summed E-state index contributed by atoms with van der Waals surface area (Å²) in [7, 11) is 0. The fourth-order valence-electron chi connectivity index (χ4n) is 2.65. The first-order valence-corrected chi connectivity index (χ1v) is 8.08. The van der Waals surface area contributed by atoms with Crippen molar-refractivity contribution in [2.45, 2.75) is 32.4 Å². The van der Waals surface area contributed by atoms with E-state index in [2.05, 4.69) is 34.2 Å². The number of nitriles is 1. The molecule has 5 heteroatoms. The molecular weight excluding hydrogens is 290 g/mol. The third-order valence-corrected chi connectivity index (χ3v) is 3.93. The maximum absolute atomic E-state index is 11.6. The van der Waals surface area contributed by atoms with Crippen molar-refractivity contribution < 1.29 is 9.53 Å². The summed E-state index contributed by atoms with van der Waals surface area (Å²) in [5.74, 6) is -1.41. The van der Waals surface area contributed by atoms with Gasteiger partial charge < -0.3 is 4.74 Å². The van der Waals surface area contributed by atoms with Crippen molar-refractivity contribution in [3.05, 3.63) is 35.9 Å². The minimum Gasteiger partial charge on any atom is -0.465 e. The Morgan fingerprint density at radius 2 is 2.13 bits per heavy atom. The maximum Gasteiger partial charge on any atom is 0.328 e. The summed E-state index contributed by atoms with van der Waals surface area (Å²) < 4.78 is 4.86. The molecule has 23 heavy (non-hydrogen) atoms. The van der Waals surface area contributed by atoms with Crippen LogP contribution in [0.3, 0.4) is 0 Å². The SMILES string of the molecule is CCOC(=O)[C@@H](C#N)C=NC1CCN(Cc2ccccc2)CC1. The number of piperidine rings is 1. The van der Waals surface area contributed by atoms with E-state index in [0.717, 1.165) is 32.5 Å². The van der Waals surface area contributed by atoms with Crippen LogP contribution in [0.15, 0.2) is 35.3 Å². The smallest absolute Gasteiger partial charge is 0.328 e. The number of ether oxygens (including phenoxy) is 1. The van der Waals surface area contributed by atoms with Crippen molar-refractivity contribution in [3.63, 3.8) is 0 Å². The number of hydrogen-bond acceptors (Lipinski definition) is 5. The van der Waals surface area contributed by atoms with Gasteiger partial charge in [0.2, 0.25) is 0 Å². The summed E-state index contributed by atoms with van der Waals surface area (Å²) >= 11 is 0. The van der Waals surface area contributed by atoms with Crippen molar-refractivity contribution in [3.8, 4) is 6.07 Å². The molecule has 0 unspecified atom stereocenters. The van der Waals surface area contributed by atoms with E-state index in [4.69, 9.17) is 10.00 Å². The van der Waals surface area contributed by atoms with Gasteiger partial charge in [-0.2, -0.15) is 5.26 Å². The van der Waals surface area contributed by atoms with Crippen LogP contribution < -0.4 is 0 Å². The number of rotatable bonds is 6. The monoisotopic (exact) mass is 313 g/mol. The highest BCUT2D eigenvalue weighted by Gasteiger charge is 2.20. The lowest BCUT2D eigenvalue weighted by Gasteiger charge is -2.30. The van der Waals surface area contributed by atoms with Crippen molar-refractivity contribution in [2.24, 2.45) is 10.9 Å². The Morgan fingerprint density at radius 3 is 2.74 bits per heavy atom.